The maximum Gasteiger partial charge on any atom is 0.0620 e. The molecule has 17 heavy (non-hydrogen) atoms. The van der Waals surface area contributed by atoms with Crippen molar-refractivity contribution in [3.05, 3.63) is 23.8 Å². The lowest BCUT2D eigenvalue weighted by Crippen LogP contribution is -2.22. The molecular weight excluding hydrogens is 234 g/mol. The van der Waals surface area contributed by atoms with E-state index in [9.17, 15) is 4.21 Å². The van der Waals surface area contributed by atoms with E-state index in [1.165, 1.54) is 0 Å². The molecule has 1 atom stereocenters. The number of benzene rings is 1. The van der Waals surface area contributed by atoms with Crippen molar-refractivity contribution in [3.63, 3.8) is 0 Å². The molecule has 1 rings (SSSR count). The van der Waals surface area contributed by atoms with Crippen LogP contribution in [0.1, 0.15) is 26.3 Å². The van der Waals surface area contributed by atoms with Crippen molar-refractivity contribution in [2.24, 2.45) is 0 Å². The lowest BCUT2D eigenvalue weighted by molar-refractivity contribution is 0.00669. The third kappa shape index (κ3) is 4.48. The second kappa shape index (κ2) is 5.65. The quantitative estimate of drug-likeness (QED) is 0.841. The Balaban J connectivity index is 2.62. The standard InChI is InChI=1S/C13H21NO2S/c1-10-6-5-7-11(12(10)14)17(15)9-8-16-13(2,3)4/h5-7H,8-9,14H2,1-4H3. The van der Waals surface area contributed by atoms with E-state index in [0.717, 1.165) is 5.56 Å². The first-order chi connectivity index (χ1) is 7.81. The third-order valence-electron chi connectivity index (χ3n) is 2.33. The zero-order valence-corrected chi connectivity index (χ0v) is 11.8. The fraction of sp³-hybridized carbons (Fsp3) is 0.538. The number of rotatable bonds is 4. The molecule has 3 nitrogen and oxygen atoms in total. The summed E-state index contributed by atoms with van der Waals surface area (Å²) in [6.07, 6.45) is 0. The van der Waals surface area contributed by atoms with Crippen molar-refractivity contribution >= 4 is 16.5 Å². The number of nitrogen functional groups attached to an aromatic ring is 1. The Hall–Kier alpha value is -0.870. The molecule has 0 saturated heterocycles. The van der Waals surface area contributed by atoms with Crippen LogP contribution in [0.3, 0.4) is 0 Å². The van der Waals surface area contributed by atoms with Crippen LogP contribution >= 0.6 is 0 Å². The largest absolute Gasteiger partial charge is 0.398 e. The van der Waals surface area contributed by atoms with Gasteiger partial charge in [0.15, 0.2) is 0 Å². The van der Waals surface area contributed by atoms with Gasteiger partial charge in [-0.1, -0.05) is 12.1 Å². The van der Waals surface area contributed by atoms with Crippen LogP contribution in [0.4, 0.5) is 5.69 Å². The SMILES string of the molecule is Cc1cccc(S(=O)CCOC(C)(C)C)c1N. The minimum atomic E-state index is -1.09. The fourth-order valence-corrected chi connectivity index (χ4v) is 2.48. The molecule has 1 aromatic carbocycles. The average Bonchev–Trinajstić information content (AvgIpc) is 2.20. The van der Waals surface area contributed by atoms with E-state index in [2.05, 4.69) is 0 Å². The molecule has 0 spiro atoms. The van der Waals surface area contributed by atoms with Crippen LogP contribution in [-0.4, -0.2) is 22.2 Å². The number of aryl methyl sites for hydroxylation is 1. The zero-order chi connectivity index (χ0) is 13.1. The van der Waals surface area contributed by atoms with Gasteiger partial charge in [0.2, 0.25) is 0 Å². The number of nitrogens with two attached hydrogens (primary N) is 1. The van der Waals surface area contributed by atoms with Crippen molar-refractivity contribution in [3.8, 4) is 0 Å². The highest BCUT2D eigenvalue weighted by Gasteiger charge is 2.13. The number of hydrogen-bond acceptors (Lipinski definition) is 3. The molecule has 0 amide bonds. The molecular formula is C13H21NO2S. The van der Waals surface area contributed by atoms with Crippen molar-refractivity contribution in [1.82, 2.24) is 0 Å². The number of hydrogen-bond donors (Lipinski definition) is 1. The van der Waals surface area contributed by atoms with Gasteiger partial charge in [-0.25, -0.2) is 0 Å². The Bertz CT molecular complexity index is 410. The van der Waals surface area contributed by atoms with Gasteiger partial charge < -0.3 is 10.5 Å². The summed E-state index contributed by atoms with van der Waals surface area (Å²) in [5, 5.41) is 0. The van der Waals surface area contributed by atoms with Crippen LogP contribution in [0.2, 0.25) is 0 Å². The maximum absolute atomic E-state index is 12.1. The van der Waals surface area contributed by atoms with Crippen molar-refractivity contribution in [2.45, 2.75) is 38.2 Å². The van der Waals surface area contributed by atoms with Gasteiger partial charge >= 0.3 is 0 Å². The second-order valence-corrected chi connectivity index (χ2v) is 6.54. The highest BCUT2D eigenvalue weighted by Crippen LogP contribution is 2.20. The van der Waals surface area contributed by atoms with Crippen molar-refractivity contribution in [1.29, 1.82) is 0 Å². The van der Waals surface area contributed by atoms with Crippen LogP contribution in [0.15, 0.2) is 23.1 Å². The van der Waals surface area contributed by atoms with Gasteiger partial charge in [-0.05, 0) is 39.3 Å². The average molecular weight is 255 g/mol. The predicted octanol–water partition coefficient (Wildman–Crippen LogP) is 2.50. The first-order valence-electron chi connectivity index (χ1n) is 5.68. The molecule has 0 aliphatic carbocycles. The van der Waals surface area contributed by atoms with E-state index in [-0.39, 0.29) is 5.60 Å². The van der Waals surface area contributed by atoms with Crippen LogP contribution < -0.4 is 5.73 Å². The Morgan fingerprint density at radius 3 is 2.59 bits per heavy atom. The van der Waals surface area contributed by atoms with Gasteiger partial charge in [0, 0.05) is 0 Å². The van der Waals surface area contributed by atoms with E-state index >= 15 is 0 Å². The Kier molecular flexibility index (Phi) is 4.71. The third-order valence-corrected chi connectivity index (χ3v) is 3.72. The smallest absolute Gasteiger partial charge is 0.0620 e. The van der Waals surface area contributed by atoms with Crippen LogP contribution in [-0.2, 0) is 15.5 Å². The van der Waals surface area contributed by atoms with E-state index in [1.807, 2.05) is 45.9 Å². The monoisotopic (exact) mass is 255 g/mol. The molecule has 1 unspecified atom stereocenters. The minimum Gasteiger partial charge on any atom is -0.398 e. The first kappa shape index (κ1) is 14.2. The van der Waals surface area contributed by atoms with E-state index in [4.69, 9.17) is 10.5 Å². The lowest BCUT2D eigenvalue weighted by atomic mass is 10.2. The molecule has 0 aliphatic heterocycles. The first-order valence-corrected chi connectivity index (χ1v) is 7.00. The zero-order valence-electron chi connectivity index (χ0n) is 10.9. The van der Waals surface area contributed by atoms with Gasteiger partial charge in [-0.3, -0.25) is 4.21 Å². The topological polar surface area (TPSA) is 52.3 Å². The van der Waals surface area contributed by atoms with Gasteiger partial charge in [0.05, 0.1) is 39.3 Å². The van der Waals surface area contributed by atoms with Gasteiger partial charge in [0.25, 0.3) is 0 Å². The molecule has 0 aromatic heterocycles. The van der Waals surface area contributed by atoms with Crippen LogP contribution in [0.25, 0.3) is 0 Å². The minimum absolute atomic E-state index is 0.192. The highest BCUT2D eigenvalue weighted by atomic mass is 32.2. The molecule has 0 fully saturated rings. The molecule has 1 aromatic rings. The summed E-state index contributed by atoms with van der Waals surface area (Å²) in [4.78, 5) is 0.711. The fourth-order valence-electron chi connectivity index (χ4n) is 1.39. The second-order valence-electron chi connectivity index (χ2n) is 5.00. The summed E-state index contributed by atoms with van der Waals surface area (Å²) in [5.74, 6) is 0.477. The normalized spacial score (nSPS) is 13.6. The Morgan fingerprint density at radius 2 is 2.00 bits per heavy atom. The van der Waals surface area contributed by atoms with E-state index in [1.54, 1.807) is 0 Å². The summed E-state index contributed by atoms with van der Waals surface area (Å²) in [7, 11) is -1.09. The Morgan fingerprint density at radius 1 is 1.35 bits per heavy atom. The summed E-state index contributed by atoms with van der Waals surface area (Å²) < 4.78 is 17.6. The number of para-hydroxylation sites is 1. The molecule has 0 aliphatic rings. The number of anilines is 1. The highest BCUT2D eigenvalue weighted by molar-refractivity contribution is 7.85. The van der Waals surface area contributed by atoms with Crippen LogP contribution in [0, 0.1) is 6.92 Å². The lowest BCUT2D eigenvalue weighted by Gasteiger charge is -2.19. The van der Waals surface area contributed by atoms with Gasteiger partial charge in [-0.15, -0.1) is 0 Å². The van der Waals surface area contributed by atoms with E-state index in [0.29, 0.717) is 22.9 Å². The molecule has 4 heteroatoms. The molecule has 0 heterocycles. The summed E-state index contributed by atoms with van der Waals surface area (Å²) >= 11 is 0. The maximum atomic E-state index is 12.1. The summed E-state index contributed by atoms with van der Waals surface area (Å²) in [5.41, 5.74) is 7.31. The molecule has 96 valence electrons. The molecule has 0 bridgehead atoms. The molecule has 2 N–H and O–H groups in total. The van der Waals surface area contributed by atoms with Gasteiger partial charge in [-0.2, -0.15) is 0 Å². The van der Waals surface area contributed by atoms with Crippen LogP contribution in [0.5, 0.6) is 0 Å². The molecule has 0 radical (unpaired) electrons. The van der Waals surface area contributed by atoms with E-state index < -0.39 is 10.8 Å². The van der Waals surface area contributed by atoms with Crippen molar-refractivity contribution < 1.29 is 8.95 Å². The molecule has 0 saturated carbocycles. The summed E-state index contributed by atoms with van der Waals surface area (Å²) in [6, 6.07) is 5.61. The Labute approximate surface area is 106 Å². The van der Waals surface area contributed by atoms with Gasteiger partial charge in [0.1, 0.15) is 0 Å². The predicted molar refractivity (Wildman–Crippen MR) is 72.6 cm³/mol. The number of ether oxygens (including phenoxy) is 1. The van der Waals surface area contributed by atoms with Crippen molar-refractivity contribution in [2.75, 3.05) is 18.1 Å². The summed E-state index contributed by atoms with van der Waals surface area (Å²) in [6.45, 7) is 8.34.